The molecule has 1 aliphatic heterocycles. The molecule has 0 fully saturated rings. The third-order valence-electron chi connectivity index (χ3n) is 8.58. The SMILES string of the molecule is C=Cc1c(/C=C\C)c2ccccc2n1-c1ccc2c(c1-c1ccc3oc4cccc(C)c4c3c1)C1C=CC=CC1S2. The summed E-state index contributed by atoms with van der Waals surface area (Å²) in [6.45, 7) is 8.53. The summed E-state index contributed by atoms with van der Waals surface area (Å²) in [5.74, 6) is 0.317. The molecule has 3 heterocycles. The molecule has 8 rings (SSSR count). The first-order valence-electron chi connectivity index (χ1n) is 14.2. The van der Waals surface area contributed by atoms with E-state index >= 15 is 0 Å². The van der Waals surface area contributed by atoms with Crippen LogP contribution < -0.4 is 0 Å². The summed E-state index contributed by atoms with van der Waals surface area (Å²) in [4.78, 5) is 1.36. The maximum absolute atomic E-state index is 6.29. The Morgan fingerprint density at radius 2 is 1.78 bits per heavy atom. The molecule has 0 N–H and O–H groups in total. The average Bonchev–Trinajstić information content (AvgIpc) is 3.66. The molecule has 6 aromatic rings. The minimum absolute atomic E-state index is 0.317. The number of aryl methyl sites for hydroxylation is 1. The van der Waals surface area contributed by atoms with Crippen LogP contribution in [-0.2, 0) is 0 Å². The molecule has 2 nitrogen and oxygen atoms in total. The highest BCUT2D eigenvalue weighted by molar-refractivity contribution is 8.00. The number of hydrogen-bond acceptors (Lipinski definition) is 2. The van der Waals surface area contributed by atoms with Gasteiger partial charge < -0.3 is 8.98 Å². The Kier molecular flexibility index (Phi) is 5.51. The molecule has 0 radical (unpaired) electrons. The number of benzene rings is 4. The summed E-state index contributed by atoms with van der Waals surface area (Å²) in [6.07, 6.45) is 15.4. The molecule has 0 spiro atoms. The van der Waals surface area contributed by atoms with Gasteiger partial charge in [0.25, 0.3) is 0 Å². The average molecular weight is 548 g/mol. The number of rotatable bonds is 4. The summed E-state index contributed by atoms with van der Waals surface area (Å²) in [5.41, 5.74) is 11.7. The number of fused-ring (bicyclic) bond motifs is 7. The lowest BCUT2D eigenvalue weighted by Crippen LogP contribution is -2.09. The zero-order valence-electron chi connectivity index (χ0n) is 23.1. The van der Waals surface area contributed by atoms with Crippen LogP contribution in [0.4, 0.5) is 0 Å². The van der Waals surface area contributed by atoms with Crippen molar-refractivity contribution in [3.63, 3.8) is 0 Å². The van der Waals surface area contributed by atoms with Gasteiger partial charge in [-0.2, -0.15) is 0 Å². The van der Waals surface area contributed by atoms with E-state index in [4.69, 9.17) is 4.42 Å². The topological polar surface area (TPSA) is 18.1 Å². The fraction of sp³-hybridized carbons (Fsp3) is 0.105. The molecule has 0 saturated carbocycles. The molecule has 41 heavy (non-hydrogen) atoms. The van der Waals surface area contributed by atoms with Crippen LogP contribution >= 0.6 is 11.8 Å². The minimum Gasteiger partial charge on any atom is -0.456 e. The van der Waals surface area contributed by atoms with E-state index in [0.29, 0.717) is 11.2 Å². The van der Waals surface area contributed by atoms with Crippen molar-refractivity contribution in [1.82, 2.24) is 4.57 Å². The largest absolute Gasteiger partial charge is 0.456 e. The first-order valence-corrected chi connectivity index (χ1v) is 15.1. The molecule has 198 valence electrons. The summed E-state index contributed by atoms with van der Waals surface area (Å²) in [7, 11) is 0. The van der Waals surface area contributed by atoms with E-state index in [0.717, 1.165) is 22.2 Å². The van der Waals surface area contributed by atoms with Gasteiger partial charge in [0.1, 0.15) is 11.2 Å². The number of aromatic nitrogens is 1. The Morgan fingerprint density at radius 3 is 2.66 bits per heavy atom. The van der Waals surface area contributed by atoms with Gasteiger partial charge in [-0.05, 0) is 73.0 Å². The monoisotopic (exact) mass is 547 g/mol. The van der Waals surface area contributed by atoms with E-state index in [1.54, 1.807) is 0 Å². The Morgan fingerprint density at radius 1 is 0.902 bits per heavy atom. The number of furan rings is 1. The van der Waals surface area contributed by atoms with Crippen molar-refractivity contribution in [3.05, 3.63) is 132 Å². The van der Waals surface area contributed by atoms with Crippen molar-refractivity contribution in [2.75, 3.05) is 0 Å². The van der Waals surface area contributed by atoms with Gasteiger partial charge in [0.2, 0.25) is 0 Å². The Bertz CT molecular complexity index is 2130. The third-order valence-corrected chi connectivity index (χ3v) is 9.91. The molecule has 1 aliphatic carbocycles. The highest BCUT2D eigenvalue weighted by Gasteiger charge is 2.35. The van der Waals surface area contributed by atoms with Gasteiger partial charge >= 0.3 is 0 Å². The Labute approximate surface area is 244 Å². The molecular weight excluding hydrogens is 518 g/mol. The summed E-state index contributed by atoms with van der Waals surface area (Å²) in [5, 5.41) is 3.99. The molecule has 4 aromatic carbocycles. The summed E-state index contributed by atoms with van der Waals surface area (Å²) >= 11 is 1.97. The van der Waals surface area contributed by atoms with E-state index < -0.39 is 0 Å². The molecule has 3 heteroatoms. The number of para-hydroxylation sites is 1. The fourth-order valence-electron chi connectivity index (χ4n) is 6.87. The van der Waals surface area contributed by atoms with Crippen molar-refractivity contribution in [2.45, 2.75) is 29.9 Å². The van der Waals surface area contributed by atoms with Crippen molar-refractivity contribution in [1.29, 1.82) is 0 Å². The maximum atomic E-state index is 6.29. The molecule has 2 unspecified atom stereocenters. The quantitative estimate of drug-likeness (QED) is 0.218. The van der Waals surface area contributed by atoms with Crippen LogP contribution in [0.2, 0.25) is 0 Å². The molecule has 0 bridgehead atoms. The van der Waals surface area contributed by atoms with Gasteiger partial charge in [-0.3, -0.25) is 0 Å². The van der Waals surface area contributed by atoms with Crippen LogP contribution in [0.1, 0.15) is 35.2 Å². The van der Waals surface area contributed by atoms with Crippen LogP contribution in [-0.4, -0.2) is 9.82 Å². The number of thioether (sulfide) groups is 1. The predicted octanol–water partition coefficient (Wildman–Crippen LogP) is 10.9. The molecule has 2 aromatic heterocycles. The first kappa shape index (κ1) is 24.3. The molecule has 2 atom stereocenters. The van der Waals surface area contributed by atoms with E-state index in [-0.39, 0.29) is 0 Å². The van der Waals surface area contributed by atoms with E-state index in [2.05, 4.69) is 134 Å². The molecule has 0 saturated heterocycles. The van der Waals surface area contributed by atoms with Gasteiger partial charge in [-0.25, -0.2) is 0 Å². The van der Waals surface area contributed by atoms with Crippen LogP contribution in [0.3, 0.4) is 0 Å². The van der Waals surface area contributed by atoms with Crippen LogP contribution in [0.15, 0.2) is 119 Å². The zero-order valence-corrected chi connectivity index (χ0v) is 23.9. The number of hydrogen-bond donors (Lipinski definition) is 0. The number of allylic oxidation sites excluding steroid dienone is 4. The van der Waals surface area contributed by atoms with Gasteiger partial charge in [-0.15, -0.1) is 11.8 Å². The van der Waals surface area contributed by atoms with Crippen molar-refractivity contribution < 1.29 is 4.42 Å². The second-order valence-corrected chi connectivity index (χ2v) is 12.1. The normalized spacial score (nSPS) is 17.7. The lowest BCUT2D eigenvalue weighted by Gasteiger charge is -2.22. The van der Waals surface area contributed by atoms with E-state index in [1.807, 2.05) is 17.8 Å². The highest BCUT2D eigenvalue weighted by Crippen LogP contribution is 2.54. The van der Waals surface area contributed by atoms with Crippen molar-refractivity contribution >= 4 is 56.8 Å². The smallest absolute Gasteiger partial charge is 0.135 e. The standard InChI is InChI=1S/C38H29NOS/c1-4-11-25-26-13-6-8-15-30(26)39(29(25)5-2)31-19-21-35-38(27-14-7-9-17-34(27)41-35)37(31)24-18-20-32-28(22-24)36-23(3)12-10-16-33(36)40-32/h4-22,27,34H,2H2,1,3H3/b11-4-. The van der Waals surface area contributed by atoms with Crippen LogP contribution in [0.25, 0.3) is 61.8 Å². The fourth-order valence-corrected chi connectivity index (χ4v) is 8.21. The molecule has 2 aliphatic rings. The number of nitrogens with zero attached hydrogens (tertiary/aromatic N) is 1. The zero-order chi connectivity index (χ0) is 27.7. The maximum Gasteiger partial charge on any atom is 0.135 e. The van der Waals surface area contributed by atoms with Gasteiger partial charge in [0, 0.05) is 43.3 Å². The van der Waals surface area contributed by atoms with Crippen molar-refractivity contribution in [2.24, 2.45) is 0 Å². The van der Waals surface area contributed by atoms with Crippen LogP contribution in [0.5, 0.6) is 0 Å². The van der Waals surface area contributed by atoms with Gasteiger partial charge in [0.05, 0.1) is 16.9 Å². The summed E-state index contributed by atoms with van der Waals surface area (Å²) in [6, 6.07) is 26.4. The van der Waals surface area contributed by atoms with Crippen molar-refractivity contribution in [3.8, 4) is 16.8 Å². The van der Waals surface area contributed by atoms with Gasteiger partial charge in [-0.1, -0.05) is 79.4 Å². The Hall–Kier alpha value is -4.47. The second kappa shape index (κ2) is 9.29. The lowest BCUT2D eigenvalue weighted by atomic mass is 9.85. The Balaban J connectivity index is 1.50. The molecular formula is C38H29NOS. The van der Waals surface area contributed by atoms with Crippen LogP contribution in [0, 0.1) is 6.92 Å². The van der Waals surface area contributed by atoms with E-state index in [9.17, 15) is 0 Å². The lowest BCUT2D eigenvalue weighted by molar-refractivity contribution is 0.669. The minimum atomic E-state index is 0.317. The van der Waals surface area contributed by atoms with Gasteiger partial charge in [0.15, 0.2) is 0 Å². The third kappa shape index (κ3) is 3.52. The summed E-state index contributed by atoms with van der Waals surface area (Å²) < 4.78 is 8.70. The predicted molar refractivity (Wildman–Crippen MR) is 176 cm³/mol. The first-order chi connectivity index (χ1) is 20.2. The molecule has 0 amide bonds. The second-order valence-electron chi connectivity index (χ2n) is 10.9. The van der Waals surface area contributed by atoms with E-state index in [1.165, 1.54) is 54.7 Å². The highest BCUT2D eigenvalue weighted by atomic mass is 32.2.